The molecular weight excluding hydrogens is 384 g/mol. The number of anilines is 1. The minimum absolute atomic E-state index is 0.0280. The molecule has 8 nitrogen and oxygen atoms in total. The third-order valence-corrected chi connectivity index (χ3v) is 5.17. The molecule has 2 heterocycles. The molecule has 2 amide bonds. The maximum atomic E-state index is 12.9. The monoisotopic (exact) mass is 398 g/mol. The topological polar surface area (TPSA) is 98.3 Å². The molecule has 0 spiro atoms. The molecular formula is C22H14N4O4. The molecule has 0 N–H and O–H groups in total. The summed E-state index contributed by atoms with van der Waals surface area (Å²) in [5.74, 6) is -0.538. The van der Waals surface area contributed by atoms with Crippen molar-refractivity contribution in [2.24, 2.45) is 0 Å². The maximum absolute atomic E-state index is 12.9. The van der Waals surface area contributed by atoms with Gasteiger partial charge >= 0.3 is 0 Å². The first-order valence-electron chi connectivity index (χ1n) is 9.18. The van der Waals surface area contributed by atoms with Gasteiger partial charge in [0.2, 0.25) is 0 Å². The van der Waals surface area contributed by atoms with Crippen molar-refractivity contribution in [1.29, 1.82) is 0 Å². The Morgan fingerprint density at radius 2 is 1.67 bits per heavy atom. The molecule has 0 atom stereocenters. The molecule has 0 radical (unpaired) electrons. The average molecular weight is 398 g/mol. The van der Waals surface area contributed by atoms with Gasteiger partial charge in [0.15, 0.2) is 0 Å². The average Bonchev–Trinajstić information content (AvgIpc) is 3.21. The van der Waals surface area contributed by atoms with Crippen molar-refractivity contribution >= 4 is 34.2 Å². The molecule has 5 rings (SSSR count). The van der Waals surface area contributed by atoms with Crippen LogP contribution >= 0.6 is 0 Å². The molecule has 0 fully saturated rings. The zero-order valence-corrected chi connectivity index (χ0v) is 15.8. The second-order valence-corrected chi connectivity index (χ2v) is 6.91. The zero-order valence-electron chi connectivity index (χ0n) is 15.8. The number of aromatic nitrogens is 2. The van der Waals surface area contributed by atoms with Crippen LogP contribution in [-0.4, -0.2) is 26.3 Å². The smallest absolute Gasteiger partial charge is 0.283 e. The summed E-state index contributed by atoms with van der Waals surface area (Å²) in [6.07, 6.45) is 0. The first-order chi connectivity index (χ1) is 14.5. The summed E-state index contributed by atoms with van der Waals surface area (Å²) in [6, 6.07) is 18.9. The highest BCUT2D eigenvalue weighted by Gasteiger charge is 2.41. The predicted octanol–water partition coefficient (Wildman–Crippen LogP) is 4.04. The summed E-state index contributed by atoms with van der Waals surface area (Å²) in [7, 11) is 0. The summed E-state index contributed by atoms with van der Waals surface area (Å²) >= 11 is 0. The second kappa shape index (κ2) is 6.35. The van der Waals surface area contributed by atoms with Crippen LogP contribution in [-0.2, 0) is 0 Å². The van der Waals surface area contributed by atoms with Crippen LogP contribution in [0.15, 0.2) is 66.7 Å². The van der Waals surface area contributed by atoms with E-state index < -0.39 is 16.7 Å². The van der Waals surface area contributed by atoms with Gasteiger partial charge in [0, 0.05) is 11.8 Å². The Kier molecular flexibility index (Phi) is 3.75. The molecule has 0 aliphatic carbocycles. The van der Waals surface area contributed by atoms with Gasteiger partial charge in [-0.05, 0) is 43.3 Å². The predicted molar refractivity (Wildman–Crippen MR) is 110 cm³/mol. The molecule has 0 saturated carbocycles. The largest absolute Gasteiger partial charge is 0.297 e. The highest BCUT2D eigenvalue weighted by atomic mass is 16.6. The van der Waals surface area contributed by atoms with Crippen molar-refractivity contribution in [3.05, 3.63) is 93.8 Å². The van der Waals surface area contributed by atoms with Gasteiger partial charge in [0.05, 0.1) is 27.2 Å². The van der Waals surface area contributed by atoms with Crippen LogP contribution in [0.1, 0.15) is 26.5 Å². The molecule has 0 unspecified atom stereocenters. The van der Waals surface area contributed by atoms with Crippen molar-refractivity contribution in [3.8, 4) is 5.69 Å². The number of hydrogen-bond donors (Lipinski definition) is 0. The summed E-state index contributed by atoms with van der Waals surface area (Å²) in [5.41, 5.74) is 2.17. The Labute approximate surface area is 170 Å². The third kappa shape index (κ3) is 2.44. The molecule has 0 bridgehead atoms. The number of nitro groups is 1. The standard InChI is InChI=1S/C22H14N4O4/c1-13-23-17-12-15(10-11-18(17)24(13)14-6-3-2-4-7-14)25-21(27)16-8-5-9-19(26(29)30)20(16)22(25)28/h2-12H,1H3. The van der Waals surface area contributed by atoms with Crippen LogP contribution in [0.3, 0.4) is 0 Å². The fourth-order valence-electron chi connectivity index (χ4n) is 3.89. The van der Waals surface area contributed by atoms with Crippen molar-refractivity contribution in [2.45, 2.75) is 6.92 Å². The number of para-hydroxylation sites is 1. The summed E-state index contributed by atoms with van der Waals surface area (Å²) < 4.78 is 1.98. The lowest BCUT2D eigenvalue weighted by Gasteiger charge is -2.14. The first-order valence-corrected chi connectivity index (χ1v) is 9.18. The number of carbonyl (C=O) groups excluding carboxylic acids is 2. The highest BCUT2D eigenvalue weighted by Crippen LogP contribution is 2.35. The lowest BCUT2D eigenvalue weighted by atomic mass is 10.1. The van der Waals surface area contributed by atoms with Crippen molar-refractivity contribution in [3.63, 3.8) is 0 Å². The number of imidazole rings is 1. The Bertz CT molecular complexity index is 1370. The van der Waals surface area contributed by atoms with Gasteiger partial charge in [-0.15, -0.1) is 0 Å². The summed E-state index contributed by atoms with van der Waals surface area (Å²) in [6.45, 7) is 1.87. The molecule has 3 aromatic carbocycles. The number of aryl methyl sites for hydroxylation is 1. The van der Waals surface area contributed by atoms with E-state index in [-0.39, 0.29) is 16.8 Å². The van der Waals surface area contributed by atoms with E-state index in [0.29, 0.717) is 11.2 Å². The fraction of sp³-hybridized carbons (Fsp3) is 0.0455. The maximum Gasteiger partial charge on any atom is 0.283 e. The third-order valence-electron chi connectivity index (χ3n) is 5.17. The number of hydrogen-bond acceptors (Lipinski definition) is 5. The van der Waals surface area contributed by atoms with Crippen LogP contribution < -0.4 is 4.90 Å². The van der Waals surface area contributed by atoms with Crippen LogP contribution in [0.4, 0.5) is 11.4 Å². The lowest BCUT2D eigenvalue weighted by molar-refractivity contribution is -0.385. The van der Waals surface area contributed by atoms with Crippen molar-refractivity contribution in [2.75, 3.05) is 4.90 Å². The molecule has 30 heavy (non-hydrogen) atoms. The lowest BCUT2D eigenvalue weighted by Crippen LogP contribution is -2.29. The Hall–Kier alpha value is -4.33. The molecule has 1 aliphatic rings. The number of amides is 2. The molecule has 1 aromatic heterocycles. The zero-order chi connectivity index (χ0) is 21.0. The van der Waals surface area contributed by atoms with E-state index in [9.17, 15) is 19.7 Å². The van der Waals surface area contributed by atoms with Gasteiger partial charge in [0.1, 0.15) is 11.4 Å². The van der Waals surface area contributed by atoms with Crippen LogP contribution in [0.2, 0.25) is 0 Å². The Morgan fingerprint density at radius 1 is 0.900 bits per heavy atom. The number of nitro benzene ring substituents is 1. The Balaban J connectivity index is 1.63. The number of benzene rings is 3. The summed E-state index contributed by atoms with van der Waals surface area (Å²) in [5, 5.41) is 11.3. The highest BCUT2D eigenvalue weighted by molar-refractivity contribution is 6.35. The van der Waals surface area contributed by atoms with Gasteiger partial charge in [-0.1, -0.05) is 24.3 Å². The quantitative estimate of drug-likeness (QED) is 0.295. The van der Waals surface area contributed by atoms with Crippen molar-refractivity contribution in [1.82, 2.24) is 9.55 Å². The number of rotatable bonds is 3. The van der Waals surface area contributed by atoms with Gasteiger partial charge in [-0.3, -0.25) is 24.3 Å². The van der Waals surface area contributed by atoms with E-state index >= 15 is 0 Å². The number of imide groups is 1. The Morgan fingerprint density at radius 3 is 2.40 bits per heavy atom. The number of carbonyl (C=O) groups is 2. The van der Waals surface area contributed by atoms with Crippen LogP contribution in [0, 0.1) is 17.0 Å². The van der Waals surface area contributed by atoms with Gasteiger partial charge in [-0.2, -0.15) is 0 Å². The minimum atomic E-state index is -0.708. The normalized spacial score (nSPS) is 13.2. The molecule has 4 aromatic rings. The van der Waals surface area contributed by atoms with E-state index in [0.717, 1.165) is 21.9 Å². The van der Waals surface area contributed by atoms with Gasteiger partial charge < -0.3 is 0 Å². The van der Waals surface area contributed by atoms with E-state index in [1.165, 1.54) is 18.2 Å². The molecule has 8 heteroatoms. The number of nitrogens with zero attached hydrogens (tertiary/aromatic N) is 4. The van der Waals surface area contributed by atoms with Crippen LogP contribution in [0.25, 0.3) is 16.7 Å². The first kappa shape index (κ1) is 17.7. The molecule has 0 saturated heterocycles. The minimum Gasteiger partial charge on any atom is -0.297 e. The van der Waals surface area contributed by atoms with E-state index in [4.69, 9.17) is 0 Å². The van der Waals surface area contributed by atoms with E-state index in [1.807, 2.05) is 41.8 Å². The molecule has 1 aliphatic heterocycles. The van der Waals surface area contributed by atoms with E-state index in [1.54, 1.807) is 18.2 Å². The number of fused-ring (bicyclic) bond motifs is 2. The summed E-state index contributed by atoms with van der Waals surface area (Å²) in [4.78, 5) is 42.0. The fourth-order valence-corrected chi connectivity index (χ4v) is 3.89. The van der Waals surface area contributed by atoms with E-state index in [2.05, 4.69) is 4.98 Å². The van der Waals surface area contributed by atoms with Crippen molar-refractivity contribution < 1.29 is 14.5 Å². The van der Waals surface area contributed by atoms with Gasteiger partial charge in [-0.25, -0.2) is 9.88 Å². The second-order valence-electron chi connectivity index (χ2n) is 6.91. The SMILES string of the molecule is Cc1nc2cc(N3C(=O)c4cccc([N+](=O)[O-])c4C3=O)ccc2n1-c1ccccc1. The van der Waals surface area contributed by atoms with Crippen LogP contribution in [0.5, 0.6) is 0 Å². The molecule has 146 valence electrons. The van der Waals surface area contributed by atoms with Gasteiger partial charge in [0.25, 0.3) is 17.5 Å².